The van der Waals surface area contributed by atoms with E-state index < -0.39 is 11.4 Å². The Morgan fingerprint density at radius 2 is 2.10 bits per heavy atom. The van der Waals surface area contributed by atoms with Gasteiger partial charge in [-0.25, -0.2) is 0 Å². The maximum atomic E-state index is 11.1. The fraction of sp³-hybridized carbons (Fsp3) is 0.562. The SMILES string of the molecule is CCC(N)Cc1cccc(C)c1OCC(C)(C)C(=O)O. The van der Waals surface area contributed by atoms with Gasteiger partial charge in [-0.15, -0.1) is 0 Å². The summed E-state index contributed by atoms with van der Waals surface area (Å²) in [4.78, 5) is 11.1. The Labute approximate surface area is 120 Å². The van der Waals surface area contributed by atoms with Crippen molar-refractivity contribution in [2.24, 2.45) is 11.1 Å². The molecule has 1 rings (SSSR count). The molecule has 0 aliphatic carbocycles. The van der Waals surface area contributed by atoms with Gasteiger partial charge in [0.25, 0.3) is 0 Å². The maximum Gasteiger partial charge on any atom is 0.312 e. The van der Waals surface area contributed by atoms with Gasteiger partial charge in [0.15, 0.2) is 0 Å². The first kappa shape index (κ1) is 16.5. The van der Waals surface area contributed by atoms with Crippen molar-refractivity contribution in [2.45, 2.75) is 46.6 Å². The highest BCUT2D eigenvalue weighted by molar-refractivity contribution is 5.73. The molecule has 1 aromatic rings. The third kappa shape index (κ3) is 4.23. The zero-order valence-corrected chi connectivity index (χ0v) is 12.8. The average molecular weight is 279 g/mol. The molecule has 4 heteroatoms. The standard InChI is InChI=1S/C16H25NO3/c1-5-13(17)9-12-8-6-7-11(2)14(12)20-10-16(3,4)15(18)19/h6-8,13H,5,9-10,17H2,1-4H3,(H,18,19). The predicted octanol–water partition coefficient (Wildman–Crippen LogP) is 2.76. The Balaban J connectivity index is 2.91. The molecule has 4 nitrogen and oxygen atoms in total. The number of aryl methyl sites for hydroxylation is 1. The Kier molecular flexibility index (Phi) is 5.57. The minimum absolute atomic E-state index is 0.0895. The molecule has 1 aromatic carbocycles. The molecule has 0 saturated carbocycles. The molecule has 0 aliphatic rings. The van der Waals surface area contributed by atoms with E-state index >= 15 is 0 Å². The van der Waals surface area contributed by atoms with Gasteiger partial charge in [0.2, 0.25) is 0 Å². The number of para-hydroxylation sites is 1. The van der Waals surface area contributed by atoms with Gasteiger partial charge in [-0.2, -0.15) is 0 Å². The van der Waals surface area contributed by atoms with Gasteiger partial charge in [-0.1, -0.05) is 25.1 Å². The van der Waals surface area contributed by atoms with Crippen molar-refractivity contribution in [3.63, 3.8) is 0 Å². The molecule has 1 atom stereocenters. The van der Waals surface area contributed by atoms with Gasteiger partial charge >= 0.3 is 5.97 Å². The summed E-state index contributed by atoms with van der Waals surface area (Å²) >= 11 is 0. The minimum atomic E-state index is -0.910. The largest absolute Gasteiger partial charge is 0.492 e. The number of carboxylic acid groups (broad SMARTS) is 1. The second-order valence-corrected chi connectivity index (χ2v) is 5.91. The van der Waals surface area contributed by atoms with E-state index in [1.165, 1.54) is 0 Å². The second-order valence-electron chi connectivity index (χ2n) is 5.91. The number of aliphatic carboxylic acids is 1. The van der Waals surface area contributed by atoms with Gasteiger partial charge in [-0.3, -0.25) is 4.79 Å². The van der Waals surface area contributed by atoms with Crippen LogP contribution in [0.1, 0.15) is 38.3 Å². The molecule has 0 aliphatic heterocycles. The van der Waals surface area contributed by atoms with Gasteiger partial charge in [-0.05, 0) is 44.7 Å². The molecule has 1 unspecified atom stereocenters. The highest BCUT2D eigenvalue weighted by Gasteiger charge is 2.28. The van der Waals surface area contributed by atoms with E-state index in [0.717, 1.165) is 29.7 Å². The van der Waals surface area contributed by atoms with Crippen LogP contribution < -0.4 is 10.5 Å². The Hall–Kier alpha value is -1.55. The molecule has 0 saturated heterocycles. The molecule has 0 bridgehead atoms. The van der Waals surface area contributed by atoms with E-state index in [-0.39, 0.29) is 12.6 Å². The normalized spacial score (nSPS) is 13.1. The van der Waals surface area contributed by atoms with Crippen LogP contribution in [0.4, 0.5) is 0 Å². The van der Waals surface area contributed by atoms with E-state index in [1.54, 1.807) is 13.8 Å². The summed E-state index contributed by atoms with van der Waals surface area (Å²) in [6, 6.07) is 6.02. The van der Waals surface area contributed by atoms with Crippen molar-refractivity contribution in [2.75, 3.05) is 6.61 Å². The lowest BCUT2D eigenvalue weighted by Gasteiger charge is -2.22. The quantitative estimate of drug-likeness (QED) is 0.805. The Morgan fingerprint density at radius 3 is 2.65 bits per heavy atom. The predicted molar refractivity (Wildman–Crippen MR) is 80.1 cm³/mol. The van der Waals surface area contributed by atoms with Crippen LogP contribution >= 0.6 is 0 Å². The number of hydrogen-bond acceptors (Lipinski definition) is 3. The summed E-state index contributed by atoms with van der Waals surface area (Å²) in [5, 5.41) is 9.14. The molecule has 0 spiro atoms. The lowest BCUT2D eigenvalue weighted by Crippen LogP contribution is -2.31. The molecular weight excluding hydrogens is 254 g/mol. The number of carbonyl (C=O) groups is 1. The van der Waals surface area contributed by atoms with Crippen LogP contribution in [-0.4, -0.2) is 23.7 Å². The van der Waals surface area contributed by atoms with E-state index in [0.29, 0.717) is 0 Å². The van der Waals surface area contributed by atoms with Crippen molar-refractivity contribution < 1.29 is 14.6 Å². The van der Waals surface area contributed by atoms with Crippen LogP contribution in [0.3, 0.4) is 0 Å². The zero-order valence-electron chi connectivity index (χ0n) is 12.8. The molecule has 112 valence electrons. The molecule has 0 radical (unpaired) electrons. The number of carboxylic acids is 1. The fourth-order valence-corrected chi connectivity index (χ4v) is 1.82. The fourth-order valence-electron chi connectivity index (χ4n) is 1.82. The lowest BCUT2D eigenvalue weighted by atomic mass is 9.95. The smallest absolute Gasteiger partial charge is 0.312 e. The molecule has 20 heavy (non-hydrogen) atoms. The number of benzene rings is 1. The summed E-state index contributed by atoms with van der Waals surface area (Å²) in [5.74, 6) is -0.0939. The van der Waals surface area contributed by atoms with Gasteiger partial charge in [0, 0.05) is 6.04 Å². The molecule has 0 aromatic heterocycles. The number of hydrogen-bond donors (Lipinski definition) is 2. The van der Waals surface area contributed by atoms with Crippen molar-refractivity contribution in [1.82, 2.24) is 0 Å². The highest BCUT2D eigenvalue weighted by Crippen LogP contribution is 2.27. The van der Waals surface area contributed by atoms with Crippen molar-refractivity contribution in [3.8, 4) is 5.75 Å². The van der Waals surface area contributed by atoms with Crippen molar-refractivity contribution >= 4 is 5.97 Å². The first-order valence-electron chi connectivity index (χ1n) is 6.98. The third-order valence-corrected chi connectivity index (χ3v) is 3.46. The summed E-state index contributed by atoms with van der Waals surface area (Å²) in [6.07, 6.45) is 1.63. The highest BCUT2D eigenvalue weighted by atomic mass is 16.5. The summed E-state index contributed by atoms with van der Waals surface area (Å²) in [6.45, 7) is 7.47. The van der Waals surface area contributed by atoms with Crippen LogP contribution in [0.15, 0.2) is 18.2 Å². The summed E-state index contributed by atoms with van der Waals surface area (Å²) in [7, 11) is 0. The lowest BCUT2D eigenvalue weighted by molar-refractivity contribution is -0.148. The minimum Gasteiger partial charge on any atom is -0.492 e. The molecular formula is C16H25NO3. The monoisotopic (exact) mass is 279 g/mol. The Morgan fingerprint density at radius 1 is 1.45 bits per heavy atom. The molecule has 3 N–H and O–H groups in total. The molecule has 0 heterocycles. The van der Waals surface area contributed by atoms with Crippen LogP contribution in [0.5, 0.6) is 5.75 Å². The summed E-state index contributed by atoms with van der Waals surface area (Å²) in [5.41, 5.74) is 7.14. The summed E-state index contributed by atoms with van der Waals surface area (Å²) < 4.78 is 5.80. The van der Waals surface area contributed by atoms with E-state index in [1.807, 2.05) is 25.1 Å². The zero-order chi connectivity index (χ0) is 15.3. The first-order valence-corrected chi connectivity index (χ1v) is 6.98. The maximum absolute atomic E-state index is 11.1. The number of ether oxygens (including phenoxy) is 1. The Bertz CT molecular complexity index is 469. The van der Waals surface area contributed by atoms with Gasteiger partial charge in [0.05, 0.1) is 5.41 Å². The topological polar surface area (TPSA) is 72.5 Å². The van der Waals surface area contributed by atoms with Crippen molar-refractivity contribution in [3.05, 3.63) is 29.3 Å². The van der Waals surface area contributed by atoms with E-state index in [9.17, 15) is 4.79 Å². The van der Waals surface area contributed by atoms with Crippen LogP contribution in [-0.2, 0) is 11.2 Å². The van der Waals surface area contributed by atoms with Gasteiger partial charge < -0.3 is 15.6 Å². The van der Waals surface area contributed by atoms with E-state index in [4.69, 9.17) is 15.6 Å². The second kappa shape index (κ2) is 6.75. The van der Waals surface area contributed by atoms with E-state index in [2.05, 4.69) is 6.92 Å². The molecule has 0 fully saturated rings. The average Bonchev–Trinajstić information content (AvgIpc) is 2.37. The third-order valence-electron chi connectivity index (χ3n) is 3.46. The first-order chi connectivity index (χ1) is 9.27. The van der Waals surface area contributed by atoms with Crippen molar-refractivity contribution in [1.29, 1.82) is 0 Å². The number of rotatable bonds is 7. The van der Waals surface area contributed by atoms with Gasteiger partial charge in [0.1, 0.15) is 12.4 Å². The number of nitrogens with two attached hydrogens (primary N) is 1. The molecule has 0 amide bonds. The van der Waals surface area contributed by atoms with Crippen LogP contribution in [0, 0.1) is 12.3 Å². The van der Waals surface area contributed by atoms with Crippen LogP contribution in [0.2, 0.25) is 0 Å². The van der Waals surface area contributed by atoms with Crippen LogP contribution in [0.25, 0.3) is 0 Å².